The zero-order valence-electron chi connectivity index (χ0n) is 16.8. The van der Waals surface area contributed by atoms with E-state index in [-0.39, 0.29) is 5.82 Å². The number of hydrogen-bond acceptors (Lipinski definition) is 3. The number of nitrogens with one attached hydrogen (secondary N) is 1. The molecule has 0 aromatic heterocycles. The Morgan fingerprint density at radius 1 is 0.933 bits per heavy atom. The molecule has 0 atom stereocenters. The van der Waals surface area contributed by atoms with Crippen molar-refractivity contribution in [2.75, 3.05) is 13.2 Å². The normalized spacial score (nSPS) is 10.8. The van der Waals surface area contributed by atoms with Crippen molar-refractivity contribution in [3.63, 3.8) is 0 Å². The van der Waals surface area contributed by atoms with E-state index in [1.807, 2.05) is 55.5 Å². The first-order valence-electron chi connectivity index (χ1n) is 9.82. The summed E-state index contributed by atoms with van der Waals surface area (Å²) in [6.07, 6.45) is 0.835. The number of halogens is 3. The lowest BCUT2D eigenvalue weighted by molar-refractivity contribution is 0.267. The zero-order valence-corrected chi connectivity index (χ0v) is 19.1. The Morgan fingerprint density at radius 2 is 1.63 bits per heavy atom. The molecule has 0 aliphatic carbocycles. The lowest BCUT2D eigenvalue weighted by atomic mass is 10.1. The molecule has 3 aromatic carbocycles. The fourth-order valence-electron chi connectivity index (χ4n) is 2.98. The molecule has 0 aliphatic heterocycles. The first-order valence-corrected chi connectivity index (χ1v) is 11.0. The van der Waals surface area contributed by atoms with Gasteiger partial charge < -0.3 is 14.8 Å². The molecule has 0 unspecified atom stereocenters. The Bertz CT molecular complexity index is 949. The minimum atomic E-state index is -0.210. The fourth-order valence-corrected chi connectivity index (χ4v) is 3.71. The van der Waals surface area contributed by atoms with Gasteiger partial charge in [0, 0.05) is 11.6 Å². The van der Waals surface area contributed by atoms with E-state index < -0.39 is 0 Å². The zero-order chi connectivity index (χ0) is 21.3. The highest BCUT2D eigenvalue weighted by Gasteiger charge is 2.13. The molecule has 0 bridgehead atoms. The third-order valence-electron chi connectivity index (χ3n) is 4.50. The van der Waals surface area contributed by atoms with E-state index in [1.54, 1.807) is 0 Å². The average molecular weight is 493 g/mol. The van der Waals surface area contributed by atoms with Gasteiger partial charge in [0.1, 0.15) is 12.4 Å². The van der Waals surface area contributed by atoms with Crippen LogP contribution in [0, 0.1) is 5.82 Å². The molecule has 0 aliphatic rings. The van der Waals surface area contributed by atoms with Gasteiger partial charge in [0.2, 0.25) is 0 Å². The van der Waals surface area contributed by atoms with E-state index in [4.69, 9.17) is 21.1 Å². The van der Waals surface area contributed by atoms with Crippen molar-refractivity contribution in [2.45, 2.75) is 26.5 Å². The van der Waals surface area contributed by atoms with Crippen molar-refractivity contribution in [3.8, 4) is 11.5 Å². The van der Waals surface area contributed by atoms with Crippen LogP contribution in [-0.4, -0.2) is 13.2 Å². The highest BCUT2D eigenvalue weighted by Crippen LogP contribution is 2.37. The molecule has 30 heavy (non-hydrogen) atoms. The van der Waals surface area contributed by atoms with Gasteiger partial charge in [-0.25, -0.2) is 4.39 Å². The molecule has 0 radical (unpaired) electrons. The highest BCUT2D eigenvalue weighted by molar-refractivity contribution is 9.10. The van der Waals surface area contributed by atoms with Crippen LogP contribution in [0.3, 0.4) is 0 Å². The quantitative estimate of drug-likeness (QED) is 0.325. The Hall–Kier alpha value is -2.08. The molecule has 3 nitrogen and oxygen atoms in total. The van der Waals surface area contributed by atoms with Crippen LogP contribution in [-0.2, 0) is 19.6 Å². The van der Waals surface area contributed by atoms with Crippen molar-refractivity contribution in [2.24, 2.45) is 0 Å². The maximum Gasteiger partial charge on any atom is 0.175 e. The first kappa shape index (κ1) is 22.6. The van der Waals surface area contributed by atoms with Crippen LogP contribution in [0.25, 0.3) is 0 Å². The molecular weight excluding hydrogens is 469 g/mol. The van der Waals surface area contributed by atoms with E-state index in [1.165, 1.54) is 12.1 Å². The molecule has 3 rings (SSSR count). The standard InChI is InChI=1S/C24H24BrClFNO2/c1-2-29-23-14-19(15-28-12-11-17-5-9-21(27)10-6-17)13-22(25)24(23)30-16-18-3-7-20(26)8-4-18/h3-10,13-14,28H,2,11-12,15-16H2,1H3. The number of benzene rings is 3. The molecule has 1 N–H and O–H groups in total. The molecule has 0 fully saturated rings. The predicted octanol–water partition coefficient (Wildman–Crippen LogP) is 6.55. The SMILES string of the molecule is CCOc1cc(CNCCc2ccc(F)cc2)cc(Br)c1OCc1ccc(Cl)cc1. The van der Waals surface area contributed by atoms with Gasteiger partial charge in [-0.2, -0.15) is 0 Å². The molecule has 0 amide bonds. The summed E-state index contributed by atoms with van der Waals surface area (Å²) in [5.41, 5.74) is 3.22. The second-order valence-electron chi connectivity index (χ2n) is 6.81. The topological polar surface area (TPSA) is 30.5 Å². The largest absolute Gasteiger partial charge is 0.490 e. The van der Waals surface area contributed by atoms with Gasteiger partial charge in [-0.15, -0.1) is 0 Å². The van der Waals surface area contributed by atoms with Gasteiger partial charge in [-0.05, 0) is 88.9 Å². The van der Waals surface area contributed by atoms with Crippen LogP contribution in [0.1, 0.15) is 23.6 Å². The molecule has 0 saturated heterocycles. The minimum Gasteiger partial charge on any atom is -0.490 e. The molecular formula is C24H24BrClFNO2. The molecule has 3 aromatic rings. The second-order valence-corrected chi connectivity index (χ2v) is 8.10. The van der Waals surface area contributed by atoms with Crippen molar-refractivity contribution in [3.05, 3.63) is 92.7 Å². The summed E-state index contributed by atoms with van der Waals surface area (Å²) in [6, 6.07) is 18.2. The van der Waals surface area contributed by atoms with Gasteiger partial charge in [0.15, 0.2) is 11.5 Å². The van der Waals surface area contributed by atoms with Crippen LogP contribution in [0.15, 0.2) is 65.1 Å². The van der Waals surface area contributed by atoms with E-state index in [0.717, 1.165) is 34.1 Å². The Balaban J connectivity index is 1.60. The highest BCUT2D eigenvalue weighted by atomic mass is 79.9. The van der Waals surface area contributed by atoms with E-state index in [2.05, 4.69) is 21.2 Å². The van der Waals surface area contributed by atoms with E-state index in [0.29, 0.717) is 36.3 Å². The van der Waals surface area contributed by atoms with Crippen molar-refractivity contribution in [1.29, 1.82) is 0 Å². The van der Waals surface area contributed by atoms with Gasteiger partial charge in [0.05, 0.1) is 11.1 Å². The van der Waals surface area contributed by atoms with Crippen molar-refractivity contribution < 1.29 is 13.9 Å². The van der Waals surface area contributed by atoms with Gasteiger partial charge in [-0.3, -0.25) is 0 Å². The van der Waals surface area contributed by atoms with Crippen LogP contribution in [0.5, 0.6) is 11.5 Å². The third kappa shape index (κ3) is 6.73. The smallest absolute Gasteiger partial charge is 0.175 e. The summed E-state index contributed by atoms with van der Waals surface area (Å²) in [6.45, 7) is 4.40. The minimum absolute atomic E-state index is 0.210. The summed E-state index contributed by atoms with van der Waals surface area (Å²) < 4.78 is 25.7. The van der Waals surface area contributed by atoms with Crippen molar-refractivity contribution in [1.82, 2.24) is 5.32 Å². The van der Waals surface area contributed by atoms with Crippen LogP contribution < -0.4 is 14.8 Å². The van der Waals surface area contributed by atoms with Crippen LogP contribution in [0.4, 0.5) is 4.39 Å². The predicted molar refractivity (Wildman–Crippen MR) is 123 cm³/mol. The Labute approximate surface area is 190 Å². The summed E-state index contributed by atoms with van der Waals surface area (Å²) in [7, 11) is 0. The number of rotatable bonds is 10. The first-order chi connectivity index (χ1) is 14.5. The summed E-state index contributed by atoms with van der Waals surface area (Å²) in [5.74, 6) is 1.18. The molecule has 158 valence electrons. The molecule has 0 heterocycles. The summed E-state index contributed by atoms with van der Waals surface area (Å²) >= 11 is 9.56. The summed E-state index contributed by atoms with van der Waals surface area (Å²) in [4.78, 5) is 0. The number of ether oxygens (including phenoxy) is 2. The molecule has 0 spiro atoms. The van der Waals surface area contributed by atoms with Gasteiger partial charge in [0.25, 0.3) is 0 Å². The van der Waals surface area contributed by atoms with Crippen LogP contribution in [0.2, 0.25) is 5.02 Å². The lowest BCUT2D eigenvalue weighted by Crippen LogP contribution is -2.17. The summed E-state index contributed by atoms with van der Waals surface area (Å²) in [5, 5.41) is 4.12. The molecule has 0 saturated carbocycles. The van der Waals surface area contributed by atoms with Crippen LogP contribution >= 0.6 is 27.5 Å². The Kier molecular flexibility index (Phi) is 8.55. The monoisotopic (exact) mass is 491 g/mol. The second kappa shape index (κ2) is 11.3. The third-order valence-corrected chi connectivity index (χ3v) is 5.34. The maximum atomic E-state index is 13.0. The van der Waals surface area contributed by atoms with E-state index >= 15 is 0 Å². The van der Waals surface area contributed by atoms with Crippen molar-refractivity contribution >= 4 is 27.5 Å². The average Bonchev–Trinajstić information content (AvgIpc) is 2.73. The Morgan fingerprint density at radius 3 is 2.33 bits per heavy atom. The lowest BCUT2D eigenvalue weighted by Gasteiger charge is -2.16. The van der Waals surface area contributed by atoms with Gasteiger partial charge >= 0.3 is 0 Å². The number of hydrogen-bond donors (Lipinski definition) is 1. The van der Waals surface area contributed by atoms with E-state index in [9.17, 15) is 4.39 Å². The molecule has 6 heteroatoms. The maximum absolute atomic E-state index is 13.0. The fraction of sp³-hybridized carbons (Fsp3) is 0.250. The van der Waals surface area contributed by atoms with Gasteiger partial charge in [-0.1, -0.05) is 35.9 Å².